The topological polar surface area (TPSA) is 67.3 Å². The molecule has 1 aromatic heterocycles. The zero-order chi connectivity index (χ0) is 10.1. The highest BCUT2D eigenvalue weighted by molar-refractivity contribution is 5.62. The van der Waals surface area contributed by atoms with E-state index in [2.05, 4.69) is 25.1 Å². The standard InChI is InChI=1S/C10H7N5/c1-2-4-11-7(3-1)10-14-8-5-12-13-6-9(8)15-10/h1-6,12H. The lowest BCUT2D eigenvalue weighted by molar-refractivity contribution is 1.02. The van der Waals surface area contributed by atoms with E-state index >= 15 is 0 Å². The SMILES string of the molecule is c1ccc(-c2nc3cn[nH]cc-3n2)nc1. The van der Waals surface area contributed by atoms with Crippen LogP contribution in [0.1, 0.15) is 0 Å². The maximum atomic E-state index is 4.34. The van der Waals surface area contributed by atoms with Crippen LogP contribution in [0.5, 0.6) is 0 Å². The summed E-state index contributed by atoms with van der Waals surface area (Å²) >= 11 is 0. The number of fused-ring (bicyclic) bond motifs is 1. The van der Waals surface area contributed by atoms with E-state index in [1.807, 2.05) is 18.2 Å². The van der Waals surface area contributed by atoms with Gasteiger partial charge in [0, 0.05) is 12.4 Å². The largest absolute Gasteiger partial charge is 0.283 e. The van der Waals surface area contributed by atoms with Crippen LogP contribution < -0.4 is 0 Å². The summed E-state index contributed by atoms with van der Waals surface area (Å²) in [5, 5.41) is 6.60. The van der Waals surface area contributed by atoms with Gasteiger partial charge in [-0.15, -0.1) is 0 Å². The number of hydrogen-bond donors (Lipinski definition) is 1. The molecule has 0 bridgehead atoms. The van der Waals surface area contributed by atoms with Crippen molar-refractivity contribution in [3.63, 3.8) is 0 Å². The van der Waals surface area contributed by atoms with E-state index in [0.29, 0.717) is 5.82 Å². The van der Waals surface area contributed by atoms with Gasteiger partial charge >= 0.3 is 0 Å². The van der Waals surface area contributed by atoms with E-state index in [0.717, 1.165) is 17.1 Å². The molecule has 5 heteroatoms. The Morgan fingerprint density at radius 3 is 2.73 bits per heavy atom. The Kier molecular flexibility index (Phi) is 1.68. The van der Waals surface area contributed by atoms with Crippen LogP contribution in [0.4, 0.5) is 0 Å². The lowest BCUT2D eigenvalue weighted by atomic mass is 10.3. The predicted octanol–water partition coefficient (Wildman–Crippen LogP) is 1.37. The van der Waals surface area contributed by atoms with Crippen molar-refractivity contribution in [2.75, 3.05) is 0 Å². The van der Waals surface area contributed by atoms with Crippen LogP contribution in [0.15, 0.2) is 36.8 Å². The van der Waals surface area contributed by atoms with Crippen molar-refractivity contribution in [2.45, 2.75) is 0 Å². The summed E-state index contributed by atoms with van der Waals surface area (Å²) in [7, 11) is 0. The Labute approximate surface area is 85.6 Å². The maximum Gasteiger partial charge on any atom is 0.179 e. The number of aromatic nitrogens is 5. The highest BCUT2D eigenvalue weighted by atomic mass is 15.1. The molecule has 3 heterocycles. The number of nitrogens with one attached hydrogen (secondary N) is 1. The lowest BCUT2D eigenvalue weighted by Crippen LogP contribution is -1.83. The van der Waals surface area contributed by atoms with Crippen LogP contribution in [0.3, 0.4) is 0 Å². The van der Waals surface area contributed by atoms with Crippen LogP contribution in [-0.4, -0.2) is 25.1 Å². The minimum absolute atomic E-state index is 0.631. The van der Waals surface area contributed by atoms with E-state index in [-0.39, 0.29) is 0 Å². The first-order valence-corrected chi connectivity index (χ1v) is 4.51. The fraction of sp³-hybridized carbons (Fsp3) is 0. The summed E-state index contributed by atoms with van der Waals surface area (Å²) in [6, 6.07) is 5.65. The van der Waals surface area contributed by atoms with Crippen LogP contribution >= 0.6 is 0 Å². The molecule has 0 amide bonds. The first-order valence-electron chi connectivity index (χ1n) is 4.51. The van der Waals surface area contributed by atoms with E-state index in [1.54, 1.807) is 18.6 Å². The second-order valence-electron chi connectivity index (χ2n) is 3.06. The summed E-state index contributed by atoms with van der Waals surface area (Å²) in [6.07, 6.45) is 5.09. The Morgan fingerprint density at radius 1 is 1.00 bits per heavy atom. The monoisotopic (exact) mass is 197 g/mol. The van der Waals surface area contributed by atoms with Crippen LogP contribution in [-0.2, 0) is 0 Å². The zero-order valence-electron chi connectivity index (χ0n) is 7.75. The number of pyridine rings is 1. The maximum absolute atomic E-state index is 4.34. The van der Waals surface area contributed by atoms with Crippen molar-refractivity contribution >= 4 is 0 Å². The van der Waals surface area contributed by atoms with Gasteiger partial charge in [0.15, 0.2) is 5.82 Å². The van der Waals surface area contributed by atoms with E-state index in [9.17, 15) is 0 Å². The van der Waals surface area contributed by atoms with Crippen LogP contribution in [0.2, 0.25) is 0 Å². The molecule has 2 aliphatic heterocycles. The molecule has 0 saturated heterocycles. The molecule has 0 aliphatic carbocycles. The normalized spacial score (nSPS) is 10.7. The average molecular weight is 197 g/mol. The van der Waals surface area contributed by atoms with Gasteiger partial charge in [0.2, 0.25) is 0 Å². The number of aromatic amines is 1. The molecule has 1 N–H and O–H groups in total. The second kappa shape index (κ2) is 3.13. The quantitative estimate of drug-likeness (QED) is 0.639. The summed E-state index contributed by atoms with van der Waals surface area (Å²) < 4.78 is 0. The van der Waals surface area contributed by atoms with E-state index in [1.165, 1.54) is 0 Å². The van der Waals surface area contributed by atoms with Crippen molar-refractivity contribution < 1.29 is 0 Å². The molecule has 0 atom stereocenters. The summed E-state index contributed by atoms with van der Waals surface area (Å²) in [4.78, 5) is 12.9. The Morgan fingerprint density at radius 2 is 1.93 bits per heavy atom. The van der Waals surface area contributed by atoms with Crippen molar-refractivity contribution in [1.29, 1.82) is 0 Å². The highest BCUT2D eigenvalue weighted by Gasteiger charge is 2.11. The number of rotatable bonds is 1. The molecule has 72 valence electrons. The van der Waals surface area contributed by atoms with E-state index < -0.39 is 0 Å². The fourth-order valence-electron chi connectivity index (χ4n) is 1.38. The van der Waals surface area contributed by atoms with Gasteiger partial charge in [-0.2, -0.15) is 5.10 Å². The van der Waals surface area contributed by atoms with Crippen molar-refractivity contribution in [3.8, 4) is 22.9 Å². The average Bonchev–Trinajstić information content (AvgIpc) is 2.74. The van der Waals surface area contributed by atoms with Gasteiger partial charge in [-0.3, -0.25) is 10.1 Å². The van der Waals surface area contributed by atoms with E-state index in [4.69, 9.17) is 0 Å². The van der Waals surface area contributed by atoms with Crippen molar-refractivity contribution in [3.05, 3.63) is 36.8 Å². The van der Waals surface area contributed by atoms with Gasteiger partial charge < -0.3 is 0 Å². The molecular weight excluding hydrogens is 190 g/mol. The molecule has 5 nitrogen and oxygen atoms in total. The smallest absolute Gasteiger partial charge is 0.179 e. The molecule has 0 saturated carbocycles. The van der Waals surface area contributed by atoms with Gasteiger partial charge in [-0.25, -0.2) is 9.97 Å². The first-order chi connectivity index (χ1) is 7.43. The molecule has 3 rings (SSSR count). The minimum atomic E-state index is 0.631. The molecule has 0 radical (unpaired) electrons. The number of imidazole rings is 1. The molecule has 0 aromatic carbocycles. The molecule has 0 unspecified atom stereocenters. The number of nitrogens with zero attached hydrogens (tertiary/aromatic N) is 4. The molecular formula is C10H7N5. The first kappa shape index (κ1) is 8.05. The lowest BCUT2D eigenvalue weighted by Gasteiger charge is -1.90. The molecule has 0 fully saturated rings. The Balaban J connectivity index is 2.18. The summed E-state index contributed by atoms with van der Waals surface area (Å²) in [6.45, 7) is 0. The second-order valence-corrected chi connectivity index (χ2v) is 3.06. The van der Waals surface area contributed by atoms with Crippen molar-refractivity contribution in [1.82, 2.24) is 25.1 Å². The van der Waals surface area contributed by atoms with Gasteiger partial charge in [-0.1, -0.05) is 6.07 Å². The van der Waals surface area contributed by atoms with Gasteiger partial charge in [-0.05, 0) is 12.1 Å². The molecule has 2 aliphatic rings. The van der Waals surface area contributed by atoms with Gasteiger partial charge in [0.1, 0.15) is 17.1 Å². The summed E-state index contributed by atoms with van der Waals surface area (Å²) in [5.41, 5.74) is 2.34. The molecule has 1 aromatic rings. The summed E-state index contributed by atoms with van der Waals surface area (Å²) in [5.74, 6) is 0.631. The minimum Gasteiger partial charge on any atom is -0.283 e. The molecule has 0 spiro atoms. The molecule has 15 heavy (non-hydrogen) atoms. The number of hydrogen-bond acceptors (Lipinski definition) is 4. The van der Waals surface area contributed by atoms with Crippen LogP contribution in [0, 0.1) is 0 Å². The zero-order valence-corrected chi connectivity index (χ0v) is 7.75. The third kappa shape index (κ3) is 1.34. The van der Waals surface area contributed by atoms with Gasteiger partial charge in [0.25, 0.3) is 0 Å². The predicted molar refractivity (Wildman–Crippen MR) is 54.0 cm³/mol. The number of H-pyrrole nitrogens is 1. The van der Waals surface area contributed by atoms with Gasteiger partial charge in [0.05, 0.1) is 6.20 Å². The third-order valence-corrected chi connectivity index (χ3v) is 2.07. The fourth-order valence-corrected chi connectivity index (χ4v) is 1.38. The Hall–Kier alpha value is -2.30. The van der Waals surface area contributed by atoms with Crippen molar-refractivity contribution in [2.24, 2.45) is 0 Å². The highest BCUT2D eigenvalue weighted by Crippen LogP contribution is 2.21. The Bertz CT molecular complexity index is 515. The third-order valence-electron chi connectivity index (χ3n) is 2.07. The van der Waals surface area contributed by atoms with Crippen LogP contribution in [0.25, 0.3) is 22.9 Å².